The van der Waals surface area contributed by atoms with Crippen molar-refractivity contribution in [2.75, 3.05) is 25.1 Å². The number of ether oxygens (including phenoxy) is 1. The van der Waals surface area contributed by atoms with Gasteiger partial charge in [-0.3, -0.25) is 9.59 Å². The van der Waals surface area contributed by atoms with Crippen molar-refractivity contribution >= 4 is 29.7 Å². The predicted molar refractivity (Wildman–Crippen MR) is 142 cm³/mol. The van der Waals surface area contributed by atoms with Crippen LogP contribution in [-0.4, -0.2) is 64.7 Å². The molecule has 0 bridgehead atoms. The molecule has 0 spiro atoms. The fourth-order valence-electron chi connectivity index (χ4n) is 3.61. The molecule has 0 saturated carbocycles. The van der Waals surface area contributed by atoms with Gasteiger partial charge in [-0.05, 0) is 82.7 Å². The summed E-state index contributed by atoms with van der Waals surface area (Å²) in [5, 5.41) is 15.7. The van der Waals surface area contributed by atoms with Crippen molar-refractivity contribution in [1.29, 1.82) is 0 Å². The number of nitrogens with one attached hydrogen (secondary N) is 2. The lowest BCUT2D eigenvalue weighted by Crippen LogP contribution is -2.53. The average Bonchev–Trinajstić information content (AvgIpc) is 2.78. The number of thioether (sulfide) groups is 1. The van der Waals surface area contributed by atoms with Crippen molar-refractivity contribution in [3.63, 3.8) is 0 Å². The van der Waals surface area contributed by atoms with E-state index < -0.39 is 23.8 Å². The van der Waals surface area contributed by atoms with Crippen molar-refractivity contribution in [1.82, 2.24) is 15.5 Å². The highest BCUT2D eigenvalue weighted by molar-refractivity contribution is 7.98. The second-order valence-electron chi connectivity index (χ2n) is 9.55. The zero-order valence-electron chi connectivity index (χ0n) is 22.3. The van der Waals surface area contributed by atoms with Gasteiger partial charge in [0.05, 0.1) is 0 Å². The van der Waals surface area contributed by atoms with E-state index in [4.69, 9.17) is 4.74 Å². The Balaban J connectivity index is 3.30. The number of phenolic OH excluding ortho intramolecular Hbond substituents is 1. The molecule has 198 valence electrons. The highest BCUT2D eigenvalue weighted by Gasteiger charge is 2.35. The maximum Gasteiger partial charge on any atom is 0.408 e. The van der Waals surface area contributed by atoms with Gasteiger partial charge in [0.2, 0.25) is 11.8 Å². The minimum absolute atomic E-state index is 0.120. The second-order valence-corrected chi connectivity index (χ2v) is 10.5. The van der Waals surface area contributed by atoms with Gasteiger partial charge in [0.15, 0.2) is 0 Å². The van der Waals surface area contributed by atoms with E-state index in [0.717, 1.165) is 19.3 Å². The first kappa shape index (κ1) is 30.6. The first-order valence-corrected chi connectivity index (χ1v) is 13.7. The zero-order valence-corrected chi connectivity index (χ0v) is 23.1. The Morgan fingerprint density at radius 3 is 2.40 bits per heavy atom. The van der Waals surface area contributed by atoms with Gasteiger partial charge < -0.3 is 25.4 Å². The molecular formula is C26H43N3O5S. The lowest BCUT2D eigenvalue weighted by atomic mass is 10.00. The van der Waals surface area contributed by atoms with Crippen molar-refractivity contribution < 1.29 is 24.2 Å². The summed E-state index contributed by atoms with van der Waals surface area (Å²) in [5.41, 5.74) is 0.511. The number of nitrogens with zero attached hydrogens (tertiary/aromatic N) is 1. The molecule has 2 unspecified atom stereocenters. The normalized spacial score (nSPS) is 13.0. The molecule has 8 nitrogen and oxygen atoms in total. The van der Waals surface area contributed by atoms with E-state index in [1.807, 2.05) is 13.2 Å². The summed E-state index contributed by atoms with van der Waals surface area (Å²) in [6.07, 6.45) is 4.53. The average molecular weight is 510 g/mol. The summed E-state index contributed by atoms with van der Waals surface area (Å²) in [7, 11) is 0. The van der Waals surface area contributed by atoms with Gasteiger partial charge >= 0.3 is 6.09 Å². The molecule has 3 amide bonds. The SMILES string of the molecule is CCCCCNC(=O)C(c1ccc(O)c(C)c1)N(CC)C(=O)C(CCSC)NC(=O)OC(C)(C)C. The van der Waals surface area contributed by atoms with Gasteiger partial charge in [-0.2, -0.15) is 11.8 Å². The fraction of sp³-hybridized carbons (Fsp3) is 0.654. The molecule has 2 atom stereocenters. The third-order valence-electron chi connectivity index (χ3n) is 5.40. The molecule has 9 heteroatoms. The Bertz CT molecular complexity index is 841. The van der Waals surface area contributed by atoms with Crippen LogP contribution in [0.1, 0.15) is 77.5 Å². The molecule has 3 N–H and O–H groups in total. The van der Waals surface area contributed by atoms with E-state index >= 15 is 0 Å². The highest BCUT2D eigenvalue weighted by Crippen LogP contribution is 2.27. The van der Waals surface area contributed by atoms with Crippen LogP contribution >= 0.6 is 11.8 Å². The molecule has 1 aromatic rings. The van der Waals surface area contributed by atoms with Crippen LogP contribution in [0.2, 0.25) is 0 Å². The molecule has 1 aromatic carbocycles. The number of phenols is 1. The van der Waals surface area contributed by atoms with Gasteiger partial charge in [0.1, 0.15) is 23.4 Å². The summed E-state index contributed by atoms with van der Waals surface area (Å²) in [6, 6.07) is 3.17. The number of likely N-dealkylation sites (N-methyl/N-ethyl adjacent to an activating group) is 1. The van der Waals surface area contributed by atoms with Gasteiger partial charge in [-0.25, -0.2) is 4.79 Å². The maximum absolute atomic E-state index is 13.7. The number of unbranched alkanes of at least 4 members (excludes halogenated alkanes) is 2. The molecule has 0 aromatic heterocycles. The summed E-state index contributed by atoms with van der Waals surface area (Å²) >= 11 is 1.57. The number of amides is 3. The van der Waals surface area contributed by atoms with Crippen LogP contribution in [0.5, 0.6) is 5.75 Å². The van der Waals surface area contributed by atoms with Crippen molar-refractivity contribution in [2.45, 2.75) is 84.9 Å². The zero-order chi connectivity index (χ0) is 26.6. The molecular weight excluding hydrogens is 466 g/mol. The molecule has 0 aliphatic heterocycles. The Labute approximate surface area is 214 Å². The van der Waals surface area contributed by atoms with Crippen LogP contribution in [0.25, 0.3) is 0 Å². The minimum atomic E-state index is -0.898. The summed E-state index contributed by atoms with van der Waals surface area (Å²) in [5.74, 6) is 0.124. The Kier molecular flexibility index (Phi) is 13.0. The number of aromatic hydroxyl groups is 1. The van der Waals surface area contributed by atoms with Crippen molar-refractivity contribution in [2.24, 2.45) is 0 Å². The number of aryl methyl sites for hydroxylation is 1. The monoisotopic (exact) mass is 509 g/mol. The number of carbonyl (C=O) groups is 3. The number of benzene rings is 1. The molecule has 0 aliphatic carbocycles. The van der Waals surface area contributed by atoms with Crippen LogP contribution < -0.4 is 10.6 Å². The van der Waals surface area contributed by atoms with Gasteiger partial charge in [0.25, 0.3) is 0 Å². The number of rotatable bonds is 13. The summed E-state index contributed by atoms with van der Waals surface area (Å²) in [6.45, 7) is 11.7. The van der Waals surface area contributed by atoms with Crippen LogP contribution in [-0.2, 0) is 14.3 Å². The molecule has 1 rings (SSSR count). The fourth-order valence-corrected chi connectivity index (χ4v) is 4.08. The van der Waals surface area contributed by atoms with Crippen molar-refractivity contribution in [3.8, 4) is 5.75 Å². The number of hydrogen-bond acceptors (Lipinski definition) is 6. The van der Waals surface area contributed by atoms with E-state index in [-0.39, 0.29) is 24.1 Å². The Morgan fingerprint density at radius 2 is 1.86 bits per heavy atom. The third-order valence-corrected chi connectivity index (χ3v) is 6.04. The third kappa shape index (κ3) is 10.4. The minimum Gasteiger partial charge on any atom is -0.508 e. The lowest BCUT2D eigenvalue weighted by Gasteiger charge is -2.34. The molecule has 0 saturated heterocycles. The topological polar surface area (TPSA) is 108 Å². The van der Waals surface area contributed by atoms with Gasteiger partial charge in [-0.15, -0.1) is 0 Å². The predicted octanol–water partition coefficient (Wildman–Crippen LogP) is 4.54. The summed E-state index contributed by atoms with van der Waals surface area (Å²) in [4.78, 5) is 41.1. The van der Waals surface area contributed by atoms with Crippen LogP contribution in [0.4, 0.5) is 4.79 Å². The largest absolute Gasteiger partial charge is 0.508 e. The van der Waals surface area contributed by atoms with E-state index in [1.165, 1.54) is 11.0 Å². The molecule has 0 fully saturated rings. The van der Waals surface area contributed by atoms with Crippen LogP contribution in [0.15, 0.2) is 18.2 Å². The van der Waals surface area contributed by atoms with Crippen LogP contribution in [0.3, 0.4) is 0 Å². The first-order valence-electron chi connectivity index (χ1n) is 12.3. The molecule has 0 heterocycles. The van der Waals surface area contributed by atoms with Crippen molar-refractivity contribution in [3.05, 3.63) is 29.3 Å². The molecule has 0 radical (unpaired) electrons. The van der Waals surface area contributed by atoms with E-state index in [9.17, 15) is 19.5 Å². The van der Waals surface area contributed by atoms with E-state index in [1.54, 1.807) is 51.6 Å². The van der Waals surface area contributed by atoms with Crippen LogP contribution in [0, 0.1) is 6.92 Å². The smallest absolute Gasteiger partial charge is 0.408 e. The van der Waals surface area contributed by atoms with E-state index in [0.29, 0.717) is 29.8 Å². The van der Waals surface area contributed by atoms with Gasteiger partial charge in [0, 0.05) is 13.1 Å². The number of carbonyl (C=O) groups excluding carboxylic acids is 3. The molecule has 0 aliphatic rings. The first-order chi connectivity index (χ1) is 16.4. The van der Waals surface area contributed by atoms with E-state index in [2.05, 4.69) is 17.6 Å². The molecule has 35 heavy (non-hydrogen) atoms. The highest BCUT2D eigenvalue weighted by atomic mass is 32.2. The number of alkyl carbamates (subject to hydrolysis) is 1. The standard InChI is InChI=1S/C26H43N3O5S/c1-8-10-11-15-27-23(31)22(19-12-13-21(30)18(3)17-19)29(9-2)24(32)20(14-16-35-7)28-25(33)34-26(4,5)6/h12-13,17,20,22,30H,8-11,14-16H2,1-7H3,(H,27,31)(H,28,33). The van der Waals surface area contributed by atoms with Gasteiger partial charge in [-0.1, -0.05) is 25.8 Å². The Hall–Kier alpha value is -2.42. The summed E-state index contributed by atoms with van der Waals surface area (Å²) < 4.78 is 5.37. The second kappa shape index (κ2) is 14.9. The Morgan fingerprint density at radius 1 is 1.17 bits per heavy atom. The maximum atomic E-state index is 13.7. The quantitative estimate of drug-likeness (QED) is 0.337. The number of hydrogen-bond donors (Lipinski definition) is 3. The lowest BCUT2D eigenvalue weighted by molar-refractivity contribution is -0.142.